The molecule has 0 radical (unpaired) electrons. The van der Waals surface area contributed by atoms with E-state index in [4.69, 9.17) is 0 Å². The minimum absolute atomic E-state index is 0.0989. The third kappa shape index (κ3) is 2.99. The maximum atomic E-state index is 13.6. The lowest BCUT2D eigenvalue weighted by molar-refractivity contribution is 0.608. The van der Waals surface area contributed by atoms with Gasteiger partial charge in [-0.1, -0.05) is 58.4 Å². The van der Waals surface area contributed by atoms with Crippen molar-refractivity contribution in [2.45, 2.75) is 25.1 Å². The minimum Gasteiger partial charge on any atom is -0.206 e. The first-order valence-corrected chi connectivity index (χ1v) is 6.94. The van der Waals surface area contributed by atoms with Crippen LogP contribution in [0.2, 0.25) is 0 Å². The van der Waals surface area contributed by atoms with Gasteiger partial charge in [-0.3, -0.25) is 0 Å². The number of benzene rings is 2. The van der Waals surface area contributed by atoms with Crippen LogP contribution < -0.4 is 0 Å². The van der Waals surface area contributed by atoms with Crippen LogP contribution in [-0.4, -0.2) is 0 Å². The van der Waals surface area contributed by atoms with Gasteiger partial charge in [-0.15, -0.1) is 0 Å². The van der Waals surface area contributed by atoms with E-state index in [1.54, 1.807) is 0 Å². The zero-order valence-electron chi connectivity index (χ0n) is 10.6. The maximum Gasteiger partial charge on any atom is 0.129 e. The van der Waals surface area contributed by atoms with Crippen LogP contribution in [0.3, 0.4) is 0 Å². The Morgan fingerprint density at radius 3 is 2.17 bits per heavy atom. The van der Waals surface area contributed by atoms with E-state index >= 15 is 0 Å². The highest BCUT2D eigenvalue weighted by molar-refractivity contribution is 9.09. The van der Waals surface area contributed by atoms with Gasteiger partial charge in [0.2, 0.25) is 0 Å². The van der Waals surface area contributed by atoms with Crippen LogP contribution in [0.4, 0.5) is 4.39 Å². The molecule has 0 spiro atoms. The third-order valence-corrected chi connectivity index (χ3v) is 3.93. The Bertz CT molecular complexity index is 511. The van der Waals surface area contributed by atoms with Crippen molar-refractivity contribution in [1.82, 2.24) is 0 Å². The van der Waals surface area contributed by atoms with Crippen LogP contribution in [0.25, 0.3) is 0 Å². The van der Waals surface area contributed by atoms with Gasteiger partial charge in [0.25, 0.3) is 0 Å². The van der Waals surface area contributed by atoms with E-state index in [0.29, 0.717) is 11.1 Å². The molecule has 2 aromatic carbocycles. The second kappa shape index (κ2) is 5.66. The number of rotatable bonds is 3. The van der Waals surface area contributed by atoms with Crippen molar-refractivity contribution in [2.75, 3.05) is 0 Å². The van der Waals surface area contributed by atoms with Gasteiger partial charge in [-0.25, -0.2) is 4.39 Å². The Morgan fingerprint density at radius 1 is 1.06 bits per heavy atom. The normalized spacial score (nSPS) is 12.4. The molecular formula is C16H16BrF. The lowest BCUT2D eigenvalue weighted by Crippen LogP contribution is -1.98. The van der Waals surface area contributed by atoms with E-state index in [1.165, 1.54) is 5.56 Å². The first-order valence-electron chi connectivity index (χ1n) is 6.02. The zero-order valence-corrected chi connectivity index (χ0v) is 12.2. The molecule has 0 aromatic heterocycles. The number of hydrogen-bond acceptors (Lipinski definition) is 0. The zero-order chi connectivity index (χ0) is 13.1. The first-order chi connectivity index (χ1) is 8.58. The highest BCUT2D eigenvalue weighted by atomic mass is 79.9. The molecule has 2 heteroatoms. The van der Waals surface area contributed by atoms with Crippen molar-refractivity contribution in [2.24, 2.45) is 0 Å². The summed E-state index contributed by atoms with van der Waals surface area (Å²) >= 11 is 3.69. The molecule has 2 aromatic rings. The molecule has 0 fully saturated rings. The SMILES string of the molecule is Cc1cc(C(Br)Cc2ccccc2)cc(C)c1F. The number of aryl methyl sites for hydroxylation is 2. The Morgan fingerprint density at radius 2 is 1.61 bits per heavy atom. The van der Waals surface area contributed by atoms with Crippen molar-refractivity contribution >= 4 is 15.9 Å². The maximum absolute atomic E-state index is 13.6. The molecule has 0 aliphatic heterocycles. The van der Waals surface area contributed by atoms with Gasteiger partial charge in [-0.05, 0) is 42.5 Å². The summed E-state index contributed by atoms with van der Waals surface area (Å²) in [6, 6.07) is 14.1. The van der Waals surface area contributed by atoms with Crippen LogP contribution >= 0.6 is 15.9 Å². The molecule has 0 N–H and O–H groups in total. The largest absolute Gasteiger partial charge is 0.206 e. The van der Waals surface area contributed by atoms with Crippen LogP contribution in [0.5, 0.6) is 0 Å². The van der Waals surface area contributed by atoms with Gasteiger partial charge in [0.1, 0.15) is 5.82 Å². The number of halogens is 2. The van der Waals surface area contributed by atoms with E-state index in [1.807, 2.05) is 44.2 Å². The Balaban J connectivity index is 2.22. The second-order valence-electron chi connectivity index (χ2n) is 4.63. The van der Waals surface area contributed by atoms with Gasteiger partial charge in [0.05, 0.1) is 0 Å². The molecule has 18 heavy (non-hydrogen) atoms. The van der Waals surface area contributed by atoms with Crippen molar-refractivity contribution in [3.63, 3.8) is 0 Å². The number of alkyl halides is 1. The molecule has 0 aliphatic carbocycles. The minimum atomic E-state index is -0.0989. The standard InChI is InChI=1S/C16H16BrF/c1-11-8-14(9-12(2)16(11)18)15(17)10-13-6-4-3-5-7-13/h3-9,15H,10H2,1-2H3. The molecule has 0 saturated carbocycles. The number of hydrogen-bond donors (Lipinski definition) is 0. The highest BCUT2D eigenvalue weighted by Crippen LogP contribution is 2.29. The quantitative estimate of drug-likeness (QED) is 0.690. The predicted molar refractivity (Wildman–Crippen MR) is 77.7 cm³/mol. The van der Waals surface area contributed by atoms with Crippen molar-refractivity contribution in [1.29, 1.82) is 0 Å². The Labute approximate surface area is 116 Å². The van der Waals surface area contributed by atoms with E-state index in [0.717, 1.165) is 12.0 Å². The van der Waals surface area contributed by atoms with Crippen molar-refractivity contribution in [3.8, 4) is 0 Å². The van der Waals surface area contributed by atoms with Gasteiger partial charge >= 0.3 is 0 Å². The van der Waals surface area contributed by atoms with Crippen molar-refractivity contribution < 1.29 is 4.39 Å². The monoisotopic (exact) mass is 306 g/mol. The van der Waals surface area contributed by atoms with E-state index in [9.17, 15) is 4.39 Å². The van der Waals surface area contributed by atoms with Crippen LogP contribution in [0, 0.1) is 19.7 Å². The smallest absolute Gasteiger partial charge is 0.129 e. The van der Waals surface area contributed by atoms with Crippen molar-refractivity contribution in [3.05, 3.63) is 70.5 Å². The molecule has 1 unspecified atom stereocenters. The third-order valence-electron chi connectivity index (χ3n) is 3.08. The summed E-state index contributed by atoms with van der Waals surface area (Å²) in [5, 5.41) is 0. The van der Waals surface area contributed by atoms with Gasteiger partial charge < -0.3 is 0 Å². The first kappa shape index (κ1) is 13.3. The Hall–Kier alpha value is -1.15. The fourth-order valence-electron chi connectivity index (χ4n) is 2.10. The van der Waals surface area contributed by atoms with Gasteiger partial charge in [0, 0.05) is 4.83 Å². The van der Waals surface area contributed by atoms with E-state index in [2.05, 4.69) is 28.1 Å². The fraction of sp³-hybridized carbons (Fsp3) is 0.250. The van der Waals surface area contributed by atoms with Crippen LogP contribution in [0.15, 0.2) is 42.5 Å². The molecule has 2 rings (SSSR count). The molecule has 94 valence electrons. The molecule has 0 bridgehead atoms. The molecule has 0 heterocycles. The lowest BCUT2D eigenvalue weighted by atomic mass is 10.00. The summed E-state index contributed by atoms with van der Waals surface area (Å²) in [6.07, 6.45) is 0.908. The predicted octanol–water partition coefficient (Wildman–Crippen LogP) is 5.12. The molecule has 0 nitrogen and oxygen atoms in total. The summed E-state index contributed by atoms with van der Waals surface area (Å²) in [5.74, 6) is -0.0989. The fourth-order valence-corrected chi connectivity index (χ4v) is 2.74. The Kier molecular flexibility index (Phi) is 4.18. The van der Waals surface area contributed by atoms with E-state index < -0.39 is 0 Å². The summed E-state index contributed by atoms with van der Waals surface area (Å²) in [5.41, 5.74) is 3.83. The summed E-state index contributed by atoms with van der Waals surface area (Å²) in [4.78, 5) is 0.220. The molecule has 0 amide bonds. The van der Waals surface area contributed by atoms with Crippen LogP contribution in [0.1, 0.15) is 27.1 Å². The van der Waals surface area contributed by atoms with Gasteiger partial charge in [-0.2, -0.15) is 0 Å². The molecule has 0 saturated heterocycles. The summed E-state index contributed by atoms with van der Waals surface area (Å²) in [6.45, 7) is 3.63. The molecular weight excluding hydrogens is 291 g/mol. The van der Waals surface area contributed by atoms with Gasteiger partial charge in [0.15, 0.2) is 0 Å². The average Bonchev–Trinajstić information content (AvgIpc) is 2.36. The van der Waals surface area contributed by atoms with E-state index in [-0.39, 0.29) is 10.6 Å². The lowest BCUT2D eigenvalue weighted by Gasteiger charge is -2.13. The topological polar surface area (TPSA) is 0 Å². The highest BCUT2D eigenvalue weighted by Gasteiger charge is 2.12. The summed E-state index contributed by atoms with van der Waals surface area (Å²) < 4.78 is 13.6. The molecule has 0 aliphatic rings. The molecule has 1 atom stereocenters. The van der Waals surface area contributed by atoms with Crippen LogP contribution in [-0.2, 0) is 6.42 Å². The second-order valence-corrected chi connectivity index (χ2v) is 5.73. The average molecular weight is 307 g/mol. The summed E-state index contributed by atoms with van der Waals surface area (Å²) in [7, 11) is 0.